The molecule has 234 valence electrons. The molecule has 0 spiro atoms. The zero-order chi connectivity index (χ0) is 33.3. The number of hydrogen-bond donors (Lipinski definition) is 0. The summed E-state index contributed by atoms with van der Waals surface area (Å²) in [7, 11) is 0. The Balaban J connectivity index is 1.20. The minimum absolute atomic E-state index is 0.667. The lowest BCUT2D eigenvalue weighted by molar-refractivity contribution is 1.18. The van der Waals surface area contributed by atoms with E-state index in [1.807, 2.05) is 48.5 Å². The van der Waals surface area contributed by atoms with Crippen molar-refractivity contribution in [1.29, 1.82) is 0 Å². The van der Waals surface area contributed by atoms with E-state index in [9.17, 15) is 0 Å². The number of nitrogens with zero attached hydrogens (tertiary/aromatic N) is 4. The van der Waals surface area contributed by atoms with Crippen LogP contribution in [0.15, 0.2) is 182 Å². The number of hydrogen-bond acceptors (Lipinski definition) is 4. The molecule has 4 nitrogen and oxygen atoms in total. The van der Waals surface area contributed by atoms with E-state index in [0.29, 0.717) is 5.82 Å². The monoisotopic (exact) mass is 638 g/mol. The molecule has 0 saturated heterocycles. The zero-order valence-electron chi connectivity index (χ0n) is 27.1. The summed E-state index contributed by atoms with van der Waals surface area (Å²) in [6.45, 7) is 0. The fourth-order valence-electron chi connectivity index (χ4n) is 6.55. The van der Waals surface area contributed by atoms with Gasteiger partial charge in [-0.3, -0.25) is 0 Å². The maximum atomic E-state index is 5.30. The summed E-state index contributed by atoms with van der Waals surface area (Å²) >= 11 is 0. The van der Waals surface area contributed by atoms with E-state index >= 15 is 0 Å². The third-order valence-corrected chi connectivity index (χ3v) is 9.08. The molecule has 50 heavy (non-hydrogen) atoms. The van der Waals surface area contributed by atoms with Crippen LogP contribution in [0.3, 0.4) is 0 Å². The average Bonchev–Trinajstić information content (AvgIpc) is 3.21. The first-order chi connectivity index (χ1) is 24.8. The number of pyridine rings is 2. The van der Waals surface area contributed by atoms with Crippen molar-refractivity contribution in [2.75, 3.05) is 0 Å². The Morgan fingerprint density at radius 3 is 1.36 bits per heavy atom. The Bertz CT molecular complexity index is 2560. The molecule has 0 radical (unpaired) electrons. The highest BCUT2D eigenvalue weighted by molar-refractivity contribution is 6.09. The van der Waals surface area contributed by atoms with Crippen LogP contribution < -0.4 is 0 Å². The van der Waals surface area contributed by atoms with Crippen molar-refractivity contribution in [3.63, 3.8) is 0 Å². The number of benzene rings is 6. The van der Waals surface area contributed by atoms with Gasteiger partial charge in [-0.15, -0.1) is 0 Å². The molecule has 9 aromatic rings. The number of rotatable bonds is 6. The second-order valence-electron chi connectivity index (χ2n) is 12.3. The summed E-state index contributed by atoms with van der Waals surface area (Å²) in [5, 5.41) is 2.11. The van der Waals surface area contributed by atoms with E-state index in [1.54, 1.807) is 0 Å². The Morgan fingerprint density at radius 2 is 0.760 bits per heavy atom. The molecule has 6 aromatic carbocycles. The molecule has 0 saturated carbocycles. The first-order valence-corrected chi connectivity index (χ1v) is 16.7. The second-order valence-corrected chi connectivity index (χ2v) is 12.3. The minimum atomic E-state index is 0.667. The second kappa shape index (κ2) is 12.7. The maximum absolute atomic E-state index is 5.30. The minimum Gasteiger partial charge on any atom is -0.245 e. The Kier molecular flexibility index (Phi) is 7.45. The van der Waals surface area contributed by atoms with Gasteiger partial charge in [-0.25, -0.2) is 19.9 Å². The van der Waals surface area contributed by atoms with Crippen LogP contribution in [0.4, 0.5) is 0 Å². The van der Waals surface area contributed by atoms with Crippen molar-refractivity contribution < 1.29 is 0 Å². The van der Waals surface area contributed by atoms with Gasteiger partial charge >= 0.3 is 0 Å². The van der Waals surface area contributed by atoms with Crippen molar-refractivity contribution in [2.45, 2.75) is 0 Å². The molecule has 0 atom stereocenters. The first kappa shape index (κ1) is 29.4. The normalized spacial score (nSPS) is 11.2. The van der Waals surface area contributed by atoms with E-state index in [4.69, 9.17) is 19.9 Å². The molecule has 3 heterocycles. The fourth-order valence-corrected chi connectivity index (χ4v) is 6.55. The Labute approximate surface area is 290 Å². The lowest BCUT2D eigenvalue weighted by Crippen LogP contribution is -1.96. The SMILES string of the molecule is c1ccc(-c2cc(-c3ccccc3)nc(-c3cccc(-c4ccc5ccc6c(-c7ccccc7)cc(-c7ccccc7)nc6c5n4)c3)n2)cc1. The third-order valence-electron chi connectivity index (χ3n) is 9.08. The maximum Gasteiger partial charge on any atom is 0.160 e. The highest BCUT2D eigenvalue weighted by Crippen LogP contribution is 2.36. The van der Waals surface area contributed by atoms with Crippen LogP contribution in [0.25, 0.3) is 89.4 Å². The van der Waals surface area contributed by atoms with Crippen LogP contribution in [0, 0.1) is 0 Å². The van der Waals surface area contributed by atoms with Crippen LogP contribution in [0.1, 0.15) is 0 Å². The summed E-state index contributed by atoms with van der Waals surface area (Å²) in [5.41, 5.74) is 12.6. The molecule has 0 aliphatic carbocycles. The Morgan fingerprint density at radius 1 is 0.280 bits per heavy atom. The predicted octanol–water partition coefficient (Wildman–Crippen LogP) is 11.6. The van der Waals surface area contributed by atoms with Gasteiger partial charge in [0.1, 0.15) is 0 Å². The lowest BCUT2D eigenvalue weighted by Gasteiger charge is -2.13. The van der Waals surface area contributed by atoms with E-state index in [0.717, 1.165) is 83.5 Å². The van der Waals surface area contributed by atoms with Gasteiger partial charge in [0.25, 0.3) is 0 Å². The van der Waals surface area contributed by atoms with Crippen molar-refractivity contribution in [3.8, 4) is 67.5 Å². The van der Waals surface area contributed by atoms with Gasteiger partial charge < -0.3 is 0 Å². The van der Waals surface area contributed by atoms with Gasteiger partial charge in [0, 0.05) is 38.6 Å². The highest BCUT2D eigenvalue weighted by Gasteiger charge is 2.15. The standard InChI is InChI=1S/C46H30N4/c1-5-14-31(15-6-1)39-29-41(32-16-7-2-8-17-32)48-45-38(39)26-24-35-25-27-40(47-44(35)45)36-22-13-23-37(28-36)46-49-42(33-18-9-3-10-19-33)30-43(50-46)34-20-11-4-12-21-34/h1-30H. The summed E-state index contributed by atoms with van der Waals surface area (Å²) in [4.78, 5) is 20.7. The summed E-state index contributed by atoms with van der Waals surface area (Å²) in [6, 6.07) is 62.6. The van der Waals surface area contributed by atoms with E-state index in [1.165, 1.54) is 0 Å². The molecular formula is C46H30N4. The van der Waals surface area contributed by atoms with Crippen molar-refractivity contribution in [1.82, 2.24) is 19.9 Å². The van der Waals surface area contributed by atoms with Crippen LogP contribution in [0.5, 0.6) is 0 Å². The van der Waals surface area contributed by atoms with Gasteiger partial charge in [-0.1, -0.05) is 158 Å². The third kappa shape index (κ3) is 5.59. The molecule has 0 aliphatic rings. The summed E-state index contributed by atoms with van der Waals surface area (Å²) in [6.07, 6.45) is 0. The van der Waals surface area contributed by atoms with Crippen LogP contribution in [-0.2, 0) is 0 Å². The molecule has 4 heteroatoms. The number of aromatic nitrogens is 4. The van der Waals surface area contributed by atoms with Crippen LogP contribution >= 0.6 is 0 Å². The van der Waals surface area contributed by atoms with Crippen LogP contribution in [0.2, 0.25) is 0 Å². The quantitative estimate of drug-likeness (QED) is 0.170. The van der Waals surface area contributed by atoms with E-state index in [-0.39, 0.29) is 0 Å². The van der Waals surface area contributed by atoms with Gasteiger partial charge in [0.2, 0.25) is 0 Å². The van der Waals surface area contributed by atoms with E-state index in [2.05, 4.69) is 133 Å². The molecule has 3 aromatic heterocycles. The number of fused-ring (bicyclic) bond motifs is 3. The molecular weight excluding hydrogens is 609 g/mol. The van der Waals surface area contributed by atoms with Gasteiger partial charge in [0.15, 0.2) is 5.82 Å². The van der Waals surface area contributed by atoms with Crippen molar-refractivity contribution in [3.05, 3.63) is 182 Å². The fraction of sp³-hybridized carbons (Fsp3) is 0. The Hall–Kier alpha value is -6.78. The lowest BCUT2D eigenvalue weighted by atomic mass is 9.97. The van der Waals surface area contributed by atoms with Gasteiger partial charge in [-0.05, 0) is 35.4 Å². The topological polar surface area (TPSA) is 51.6 Å². The smallest absolute Gasteiger partial charge is 0.160 e. The zero-order valence-corrected chi connectivity index (χ0v) is 27.1. The molecule has 0 fully saturated rings. The van der Waals surface area contributed by atoms with E-state index < -0.39 is 0 Å². The molecule has 0 unspecified atom stereocenters. The summed E-state index contributed by atoms with van der Waals surface area (Å²) < 4.78 is 0. The molecule has 0 bridgehead atoms. The molecule has 0 amide bonds. The van der Waals surface area contributed by atoms with Crippen molar-refractivity contribution in [2.24, 2.45) is 0 Å². The largest absolute Gasteiger partial charge is 0.245 e. The van der Waals surface area contributed by atoms with Gasteiger partial charge in [-0.2, -0.15) is 0 Å². The van der Waals surface area contributed by atoms with Crippen LogP contribution in [-0.4, -0.2) is 19.9 Å². The molecule has 0 N–H and O–H groups in total. The molecule has 9 rings (SSSR count). The van der Waals surface area contributed by atoms with Gasteiger partial charge in [0.05, 0.1) is 33.8 Å². The van der Waals surface area contributed by atoms with Crippen molar-refractivity contribution >= 4 is 21.8 Å². The first-order valence-electron chi connectivity index (χ1n) is 16.7. The highest BCUT2D eigenvalue weighted by atomic mass is 14.9. The molecule has 0 aliphatic heterocycles. The average molecular weight is 639 g/mol. The summed E-state index contributed by atoms with van der Waals surface area (Å²) in [5.74, 6) is 0.667. The predicted molar refractivity (Wildman–Crippen MR) is 205 cm³/mol.